The zero-order valence-corrected chi connectivity index (χ0v) is 18.2. The molecule has 5 heteroatoms. The summed E-state index contributed by atoms with van der Waals surface area (Å²) < 4.78 is 34.9. The molecule has 2 aromatic rings. The van der Waals surface area contributed by atoms with Crippen molar-refractivity contribution in [3.63, 3.8) is 0 Å². The van der Waals surface area contributed by atoms with E-state index in [1.165, 1.54) is 6.07 Å². The maximum Gasteiger partial charge on any atom is 1.00 e. The van der Waals surface area contributed by atoms with Crippen LogP contribution >= 0.6 is 0 Å². The topological polar surface area (TPSA) is 57.2 Å². The molecule has 0 amide bonds. The molecule has 0 saturated carbocycles. The van der Waals surface area contributed by atoms with Gasteiger partial charge < -0.3 is 4.55 Å². The fourth-order valence-electron chi connectivity index (χ4n) is 2.88. The smallest absolute Gasteiger partial charge is 0.744 e. The van der Waals surface area contributed by atoms with Crippen LogP contribution in [0.1, 0.15) is 50.7 Å². The van der Waals surface area contributed by atoms with Crippen molar-refractivity contribution in [3.05, 3.63) is 41.5 Å². The summed E-state index contributed by atoms with van der Waals surface area (Å²) in [5.74, 6) is 0. The van der Waals surface area contributed by atoms with Gasteiger partial charge in [0.05, 0.1) is 4.90 Å². The molecule has 120 valence electrons. The first-order valence-corrected chi connectivity index (χ1v) is 9.39. The Labute approximate surface area is 182 Å². The monoisotopic (exact) mass is 358 g/mol. The number of hydrogen-bond donors (Lipinski definition) is 0. The van der Waals surface area contributed by atoms with Crippen molar-refractivity contribution < 1.29 is 64.4 Å². The van der Waals surface area contributed by atoms with E-state index in [0.717, 1.165) is 55.0 Å². The second kappa shape index (κ2) is 9.66. The standard InChI is InChI=1S/C18H24O3S.K/c1-3-5-8-14-12-13-17(22(19,20)21)18-15(9-6-4-2)10-7-11-16(14)18;/h7,10-13H,3-6,8-9H2,1-2H3,(H,19,20,21);/q;+1/p-1. The van der Waals surface area contributed by atoms with Gasteiger partial charge in [0, 0.05) is 5.39 Å². The van der Waals surface area contributed by atoms with Gasteiger partial charge in [-0.05, 0) is 48.3 Å². The molecule has 0 unspecified atom stereocenters. The first-order valence-electron chi connectivity index (χ1n) is 7.98. The van der Waals surface area contributed by atoms with E-state index < -0.39 is 10.1 Å². The number of benzene rings is 2. The maximum absolute atomic E-state index is 11.6. The van der Waals surface area contributed by atoms with Crippen LogP contribution in [0, 0.1) is 0 Å². The number of aryl methyl sites for hydroxylation is 2. The molecule has 0 bridgehead atoms. The van der Waals surface area contributed by atoms with E-state index in [4.69, 9.17) is 0 Å². The van der Waals surface area contributed by atoms with E-state index in [1.54, 1.807) is 6.07 Å². The molecule has 2 aromatic carbocycles. The van der Waals surface area contributed by atoms with Crippen molar-refractivity contribution in [1.29, 1.82) is 0 Å². The van der Waals surface area contributed by atoms with Crippen LogP contribution in [0.3, 0.4) is 0 Å². The Morgan fingerprint density at radius 1 is 0.913 bits per heavy atom. The second-order valence-electron chi connectivity index (χ2n) is 5.72. The molecule has 0 fully saturated rings. The normalized spacial score (nSPS) is 11.4. The molecule has 0 N–H and O–H groups in total. The van der Waals surface area contributed by atoms with Crippen molar-refractivity contribution in [3.8, 4) is 0 Å². The fraction of sp³-hybridized carbons (Fsp3) is 0.444. The van der Waals surface area contributed by atoms with E-state index >= 15 is 0 Å². The molecule has 3 nitrogen and oxygen atoms in total. The molecule has 2 rings (SSSR count). The summed E-state index contributed by atoms with van der Waals surface area (Å²) in [5.41, 5.74) is 2.09. The van der Waals surface area contributed by atoms with Crippen LogP contribution in [0.4, 0.5) is 0 Å². The second-order valence-corrected chi connectivity index (χ2v) is 7.07. The molecule has 0 heterocycles. The Morgan fingerprint density at radius 2 is 1.52 bits per heavy atom. The van der Waals surface area contributed by atoms with Gasteiger partial charge in [0.25, 0.3) is 0 Å². The summed E-state index contributed by atoms with van der Waals surface area (Å²) >= 11 is 0. The van der Waals surface area contributed by atoms with Crippen molar-refractivity contribution in [2.24, 2.45) is 0 Å². The fourth-order valence-corrected chi connectivity index (χ4v) is 3.60. The number of rotatable bonds is 7. The van der Waals surface area contributed by atoms with Gasteiger partial charge in [0.1, 0.15) is 10.1 Å². The minimum Gasteiger partial charge on any atom is -0.744 e. The molecule has 0 aliphatic carbocycles. The van der Waals surface area contributed by atoms with Gasteiger partial charge in [0.2, 0.25) is 0 Å². The van der Waals surface area contributed by atoms with Gasteiger partial charge >= 0.3 is 51.4 Å². The molecule has 0 atom stereocenters. The Bertz CT molecular complexity index is 754. The molecule has 23 heavy (non-hydrogen) atoms. The summed E-state index contributed by atoms with van der Waals surface area (Å²) in [6, 6.07) is 9.13. The van der Waals surface area contributed by atoms with Crippen LogP contribution in [-0.2, 0) is 23.0 Å². The van der Waals surface area contributed by atoms with E-state index in [1.807, 2.05) is 18.2 Å². The van der Waals surface area contributed by atoms with Gasteiger partial charge in [-0.15, -0.1) is 0 Å². The van der Waals surface area contributed by atoms with Crippen LogP contribution in [0.2, 0.25) is 0 Å². The quantitative estimate of drug-likeness (QED) is 0.556. The van der Waals surface area contributed by atoms with Crippen molar-refractivity contribution in [2.75, 3.05) is 0 Å². The third-order valence-electron chi connectivity index (χ3n) is 4.05. The van der Waals surface area contributed by atoms with Crippen LogP contribution in [0.25, 0.3) is 10.8 Å². The van der Waals surface area contributed by atoms with Gasteiger partial charge in [0.15, 0.2) is 0 Å². The molecule has 0 saturated heterocycles. The minimum atomic E-state index is -4.46. The predicted molar refractivity (Wildman–Crippen MR) is 89.1 cm³/mol. The predicted octanol–water partition coefficient (Wildman–Crippen LogP) is 1.43. The Balaban J connectivity index is 0.00000264. The SMILES string of the molecule is CCCCc1ccc(S(=O)(=O)[O-])c2c(CCCC)cccc12.[K+]. The molecular formula is C18H23KO3S. The van der Waals surface area contributed by atoms with Crippen molar-refractivity contribution >= 4 is 20.9 Å². The molecule has 0 aliphatic heterocycles. The number of hydrogen-bond acceptors (Lipinski definition) is 3. The van der Waals surface area contributed by atoms with Crippen LogP contribution in [-0.4, -0.2) is 13.0 Å². The molecule has 0 aromatic heterocycles. The van der Waals surface area contributed by atoms with E-state index in [9.17, 15) is 13.0 Å². The Kier molecular flexibility index (Phi) is 8.94. The third-order valence-corrected chi connectivity index (χ3v) is 4.93. The Morgan fingerprint density at radius 3 is 2.09 bits per heavy atom. The molecular weight excluding hydrogens is 335 g/mol. The average Bonchev–Trinajstić information content (AvgIpc) is 2.49. The minimum absolute atomic E-state index is 0. The Hall–Kier alpha value is 0.246. The van der Waals surface area contributed by atoms with Gasteiger partial charge in [-0.1, -0.05) is 51.0 Å². The van der Waals surface area contributed by atoms with Crippen LogP contribution < -0.4 is 51.4 Å². The zero-order chi connectivity index (χ0) is 16.2. The summed E-state index contributed by atoms with van der Waals surface area (Å²) in [5, 5.41) is 1.55. The van der Waals surface area contributed by atoms with Crippen molar-refractivity contribution in [2.45, 2.75) is 57.3 Å². The van der Waals surface area contributed by atoms with Gasteiger partial charge in [-0.25, -0.2) is 8.42 Å². The summed E-state index contributed by atoms with van der Waals surface area (Å²) in [7, 11) is -4.46. The van der Waals surface area contributed by atoms with Crippen LogP contribution in [0.5, 0.6) is 0 Å². The van der Waals surface area contributed by atoms with Crippen molar-refractivity contribution in [1.82, 2.24) is 0 Å². The first-order chi connectivity index (χ1) is 10.5. The maximum atomic E-state index is 11.6. The molecule has 0 spiro atoms. The van der Waals surface area contributed by atoms with Crippen LogP contribution in [0.15, 0.2) is 35.2 Å². The third kappa shape index (κ3) is 5.36. The van der Waals surface area contributed by atoms with E-state index in [0.29, 0.717) is 5.39 Å². The van der Waals surface area contributed by atoms with E-state index in [-0.39, 0.29) is 56.3 Å². The zero-order valence-electron chi connectivity index (χ0n) is 14.3. The number of fused-ring (bicyclic) bond motifs is 1. The average molecular weight is 359 g/mol. The number of unbranched alkanes of at least 4 members (excludes halogenated alkanes) is 2. The molecule has 0 aliphatic rings. The molecule has 0 radical (unpaired) electrons. The van der Waals surface area contributed by atoms with E-state index in [2.05, 4.69) is 13.8 Å². The first kappa shape index (κ1) is 21.3. The van der Waals surface area contributed by atoms with Gasteiger partial charge in [-0.2, -0.15) is 0 Å². The van der Waals surface area contributed by atoms with Gasteiger partial charge in [-0.3, -0.25) is 0 Å². The summed E-state index contributed by atoms with van der Waals surface area (Å²) in [4.78, 5) is -0.0746. The summed E-state index contributed by atoms with van der Waals surface area (Å²) in [6.45, 7) is 4.23. The largest absolute Gasteiger partial charge is 1.00 e. The summed E-state index contributed by atoms with van der Waals surface area (Å²) in [6.07, 6.45) is 5.86.